The number of carbonyl (C=O) groups is 1. The first-order valence-corrected chi connectivity index (χ1v) is 17.0. The Kier molecular flexibility index (Phi) is 11.9. The van der Waals surface area contributed by atoms with Gasteiger partial charge in [0.1, 0.15) is 5.75 Å². The third-order valence-corrected chi connectivity index (χ3v) is 9.23. The van der Waals surface area contributed by atoms with Crippen molar-refractivity contribution in [2.45, 2.75) is 76.8 Å². The molecule has 3 aromatic rings. The Morgan fingerprint density at radius 1 is 1.02 bits per heavy atom. The molecule has 252 valence electrons. The van der Waals surface area contributed by atoms with Crippen molar-refractivity contribution in [1.29, 1.82) is 0 Å². The molecule has 8 heteroatoms. The van der Waals surface area contributed by atoms with Crippen LogP contribution in [-0.2, 0) is 24.1 Å². The molecule has 5 rings (SSSR count). The second-order valence-corrected chi connectivity index (χ2v) is 12.7. The van der Waals surface area contributed by atoms with Crippen LogP contribution in [0.5, 0.6) is 17.2 Å². The Morgan fingerprint density at radius 2 is 1.81 bits per heavy atom. The summed E-state index contributed by atoms with van der Waals surface area (Å²) in [6.45, 7) is 2.44. The molecule has 0 saturated carbocycles. The summed E-state index contributed by atoms with van der Waals surface area (Å²) in [7, 11) is 0. The van der Waals surface area contributed by atoms with E-state index in [1.54, 1.807) is 42.8 Å². The van der Waals surface area contributed by atoms with Crippen molar-refractivity contribution in [2.75, 3.05) is 6.61 Å². The number of aryl methyl sites for hydroxylation is 2. The van der Waals surface area contributed by atoms with E-state index in [-0.39, 0.29) is 41.5 Å². The highest BCUT2D eigenvalue weighted by Crippen LogP contribution is 2.47. The van der Waals surface area contributed by atoms with Gasteiger partial charge in [-0.25, -0.2) is 0 Å². The zero-order valence-corrected chi connectivity index (χ0v) is 27.6. The van der Waals surface area contributed by atoms with E-state index in [4.69, 9.17) is 16.2 Å². The summed E-state index contributed by atoms with van der Waals surface area (Å²) >= 11 is 0. The fourth-order valence-corrected chi connectivity index (χ4v) is 6.56. The number of nitrogens with zero attached hydrogens (tertiary/aromatic N) is 1. The second-order valence-electron chi connectivity index (χ2n) is 12.7. The number of unbranched alkanes of at least 4 members (excludes halogenated alkanes) is 3. The number of ether oxygens (including phenoxy) is 1. The molecule has 0 aromatic heterocycles. The summed E-state index contributed by atoms with van der Waals surface area (Å²) in [4.78, 5) is 16.4. The van der Waals surface area contributed by atoms with E-state index in [0.29, 0.717) is 49.0 Å². The van der Waals surface area contributed by atoms with Gasteiger partial charge in [-0.2, -0.15) is 0 Å². The maximum absolute atomic E-state index is 13.8. The molecule has 6 N–H and O–H groups in total. The summed E-state index contributed by atoms with van der Waals surface area (Å²) < 4.78 is 6.01. The van der Waals surface area contributed by atoms with Crippen LogP contribution >= 0.6 is 0 Å². The van der Waals surface area contributed by atoms with Crippen LogP contribution in [0.2, 0.25) is 0 Å². The van der Waals surface area contributed by atoms with E-state index >= 15 is 0 Å². The number of hydrogen-bond acceptors (Lipinski definition) is 8. The molecule has 8 nitrogen and oxygen atoms in total. The minimum atomic E-state index is -0.606. The number of hydrogen-bond donors (Lipinski definition) is 4. The highest BCUT2D eigenvalue weighted by Gasteiger charge is 2.33. The summed E-state index contributed by atoms with van der Waals surface area (Å²) in [6.07, 6.45) is 15.0. The lowest BCUT2D eigenvalue weighted by Crippen LogP contribution is -2.30. The number of phenols is 2. The van der Waals surface area contributed by atoms with Crippen molar-refractivity contribution in [1.82, 2.24) is 0 Å². The number of fused-ring (bicyclic) bond motifs is 1. The zero-order valence-electron chi connectivity index (χ0n) is 27.6. The zero-order chi connectivity index (χ0) is 34.0. The van der Waals surface area contributed by atoms with E-state index < -0.39 is 6.17 Å². The Hall–Kier alpha value is -4.66. The van der Waals surface area contributed by atoms with E-state index in [1.807, 2.05) is 42.5 Å². The lowest BCUT2D eigenvalue weighted by molar-refractivity contribution is -0.317. The van der Waals surface area contributed by atoms with E-state index in [2.05, 4.69) is 11.9 Å². The van der Waals surface area contributed by atoms with Crippen LogP contribution < -0.4 is 21.3 Å². The van der Waals surface area contributed by atoms with Crippen LogP contribution in [0.4, 0.5) is 0 Å². The molecular weight excluding hydrogens is 602 g/mol. The molecule has 2 aliphatic rings. The number of allylic oxidation sites excluding steroid dienone is 5. The Balaban J connectivity index is 1.30. The molecular formula is C40H46N3O5-. The van der Waals surface area contributed by atoms with Crippen LogP contribution in [-0.4, -0.2) is 28.8 Å². The van der Waals surface area contributed by atoms with Gasteiger partial charge in [0, 0.05) is 36.7 Å². The molecule has 3 aromatic carbocycles. The lowest BCUT2D eigenvalue weighted by atomic mass is 9.69. The molecule has 1 aliphatic carbocycles. The number of phenolic OH excluding ortho intramolecular Hbond substituents is 2. The molecule has 0 fully saturated rings. The van der Waals surface area contributed by atoms with E-state index in [1.165, 1.54) is 6.42 Å². The van der Waals surface area contributed by atoms with Gasteiger partial charge in [-0.05, 0) is 102 Å². The highest BCUT2D eigenvalue weighted by molar-refractivity contribution is 5.89. The van der Waals surface area contributed by atoms with Crippen molar-refractivity contribution in [2.24, 2.45) is 22.4 Å². The van der Waals surface area contributed by atoms with Crippen molar-refractivity contribution in [3.05, 3.63) is 124 Å². The molecule has 1 aliphatic heterocycles. The quantitative estimate of drug-likeness (QED) is 0.0664. The number of rotatable bonds is 15. The maximum atomic E-state index is 13.8. The van der Waals surface area contributed by atoms with Gasteiger partial charge in [0.2, 0.25) is 0 Å². The summed E-state index contributed by atoms with van der Waals surface area (Å²) in [6, 6.07) is 16.5. The third kappa shape index (κ3) is 8.62. The predicted octanol–water partition coefficient (Wildman–Crippen LogP) is 6.18. The third-order valence-electron chi connectivity index (χ3n) is 9.23. The van der Waals surface area contributed by atoms with Gasteiger partial charge < -0.3 is 31.5 Å². The van der Waals surface area contributed by atoms with Gasteiger partial charge in [-0.1, -0.05) is 62.2 Å². The standard InChI is InChI=1S/C40H47N3O5/c1-2-3-4-5-6-7-31(44)13-8-26-10-17-36(46)37(23-26)48-21-19-27-9-16-35(45)34(22-27)38-32-14-12-29(40(41)42)24-28(32)11-15-33(38)39(47)30-18-20-43-25-30/h6-7,9-10,12,14,16-18,20,22-25,33,38,40,45-47H,2-5,8,11,13,15,19,21,41-42H2,1H3/p-1/b7-6+,39-30?/t33-,38-/m0/s1. The second kappa shape index (κ2) is 16.4. The average molecular weight is 649 g/mol. The van der Waals surface area contributed by atoms with Gasteiger partial charge in [-0.15, -0.1) is 5.76 Å². The molecule has 48 heavy (non-hydrogen) atoms. The first kappa shape index (κ1) is 34.7. The lowest BCUT2D eigenvalue weighted by Gasteiger charge is -2.39. The largest absolute Gasteiger partial charge is 0.875 e. The molecule has 1 heterocycles. The number of nitrogens with two attached hydrogens (primary N) is 2. The molecule has 0 bridgehead atoms. The van der Waals surface area contributed by atoms with Gasteiger partial charge in [0.05, 0.1) is 12.8 Å². The van der Waals surface area contributed by atoms with Crippen LogP contribution in [0.3, 0.4) is 0 Å². The molecule has 0 radical (unpaired) electrons. The summed E-state index contributed by atoms with van der Waals surface area (Å²) in [5, 5.41) is 35.4. The van der Waals surface area contributed by atoms with Crippen molar-refractivity contribution < 1.29 is 24.9 Å². The average Bonchev–Trinajstić information content (AvgIpc) is 3.63. The van der Waals surface area contributed by atoms with Crippen LogP contribution in [0.15, 0.2) is 95.3 Å². The smallest absolute Gasteiger partial charge is 0.161 e. The normalized spacial score (nSPS) is 18.1. The maximum Gasteiger partial charge on any atom is 0.161 e. The molecule has 0 saturated heterocycles. The van der Waals surface area contributed by atoms with E-state index in [0.717, 1.165) is 47.1 Å². The van der Waals surface area contributed by atoms with Crippen LogP contribution in [0.25, 0.3) is 0 Å². The predicted molar refractivity (Wildman–Crippen MR) is 188 cm³/mol. The molecule has 0 amide bonds. The van der Waals surface area contributed by atoms with Crippen molar-refractivity contribution >= 4 is 12.0 Å². The number of aliphatic imine (C=N–C) groups is 1. The Bertz CT molecular complexity index is 1710. The first-order chi connectivity index (χ1) is 23.2. The van der Waals surface area contributed by atoms with Gasteiger partial charge in [0.25, 0.3) is 0 Å². The number of benzene rings is 3. The van der Waals surface area contributed by atoms with Gasteiger partial charge >= 0.3 is 0 Å². The monoisotopic (exact) mass is 648 g/mol. The summed E-state index contributed by atoms with van der Waals surface area (Å²) in [5.74, 6) is -0.176. The SMILES string of the molecule is CCCCC/C=C/C(=O)CCc1ccc(O)c(OCCc2ccc(O)c([C@H]3c4ccc(C(N)N)cc4CC[C@@H]3C([O-])=C3C=CN=C3)c2)c1. The summed E-state index contributed by atoms with van der Waals surface area (Å²) in [5.41, 5.74) is 17.9. The topological polar surface area (TPSA) is 154 Å². The van der Waals surface area contributed by atoms with Crippen molar-refractivity contribution in [3.8, 4) is 17.2 Å². The Labute approximate surface area is 283 Å². The minimum Gasteiger partial charge on any atom is -0.875 e. The first-order valence-electron chi connectivity index (χ1n) is 17.0. The fourth-order valence-electron chi connectivity index (χ4n) is 6.56. The van der Waals surface area contributed by atoms with Crippen LogP contribution in [0.1, 0.15) is 90.9 Å². The number of aromatic hydroxyl groups is 2. The number of ketones is 1. The number of carbonyl (C=O) groups excluding carboxylic acids is 1. The minimum absolute atomic E-state index is 0.00376. The Morgan fingerprint density at radius 3 is 2.56 bits per heavy atom. The van der Waals surface area contributed by atoms with Crippen LogP contribution in [0, 0.1) is 5.92 Å². The van der Waals surface area contributed by atoms with E-state index in [9.17, 15) is 20.1 Å². The fraction of sp³-hybridized carbons (Fsp3) is 0.350. The molecule has 2 atom stereocenters. The van der Waals surface area contributed by atoms with Gasteiger partial charge in [0.15, 0.2) is 17.3 Å². The van der Waals surface area contributed by atoms with Crippen molar-refractivity contribution in [3.63, 3.8) is 0 Å². The molecule has 0 unspecified atom stereocenters. The highest BCUT2D eigenvalue weighted by atomic mass is 16.5. The van der Waals surface area contributed by atoms with Gasteiger partial charge in [-0.3, -0.25) is 9.79 Å². The molecule has 0 spiro atoms.